The zero-order valence-corrected chi connectivity index (χ0v) is 14.6. The first-order valence-corrected chi connectivity index (χ1v) is 8.26. The summed E-state index contributed by atoms with van der Waals surface area (Å²) in [4.78, 5) is 9.24. The van der Waals surface area contributed by atoms with E-state index in [2.05, 4.69) is 34.5 Å². The van der Waals surface area contributed by atoms with Crippen LogP contribution in [0.2, 0.25) is 5.15 Å². The molecule has 0 bridgehead atoms. The Morgan fingerprint density at radius 2 is 2.00 bits per heavy atom. The monoisotopic (exact) mass is 394 g/mol. The molecule has 1 aliphatic rings. The van der Waals surface area contributed by atoms with Crippen LogP contribution in [0.15, 0.2) is 0 Å². The Hall–Kier alpha value is 0.0600. The number of hydrogen-bond acceptors (Lipinski definition) is 3. The SMILES string of the molecule is CCC(C)(OC)c1nc(Cl)c(I)c(C2CCCC2)n1. The third-order valence-corrected chi connectivity index (χ3v) is 5.83. The molecule has 0 aromatic carbocycles. The van der Waals surface area contributed by atoms with Crippen LogP contribution in [0.1, 0.15) is 63.4 Å². The Labute approximate surface area is 133 Å². The minimum atomic E-state index is -0.457. The van der Waals surface area contributed by atoms with Gasteiger partial charge in [0.15, 0.2) is 5.82 Å². The number of halogens is 2. The highest BCUT2D eigenvalue weighted by Crippen LogP contribution is 2.38. The third-order valence-electron chi connectivity index (χ3n) is 4.18. The molecule has 1 aromatic heterocycles. The Morgan fingerprint density at radius 1 is 1.37 bits per heavy atom. The van der Waals surface area contributed by atoms with Gasteiger partial charge < -0.3 is 4.74 Å². The average molecular weight is 395 g/mol. The molecule has 1 aromatic rings. The molecule has 0 radical (unpaired) electrons. The van der Waals surface area contributed by atoms with Crippen molar-refractivity contribution in [2.75, 3.05) is 7.11 Å². The zero-order chi connectivity index (χ0) is 14.0. The lowest BCUT2D eigenvalue weighted by Crippen LogP contribution is -2.27. The fourth-order valence-corrected chi connectivity index (χ4v) is 3.39. The summed E-state index contributed by atoms with van der Waals surface area (Å²) in [6, 6.07) is 0. The van der Waals surface area contributed by atoms with Crippen LogP contribution in [0.4, 0.5) is 0 Å². The van der Waals surface area contributed by atoms with Gasteiger partial charge in [-0.15, -0.1) is 0 Å². The van der Waals surface area contributed by atoms with E-state index in [1.165, 1.54) is 25.7 Å². The molecule has 0 aliphatic heterocycles. The quantitative estimate of drug-likeness (QED) is 0.550. The van der Waals surface area contributed by atoms with Crippen LogP contribution in [0.3, 0.4) is 0 Å². The van der Waals surface area contributed by atoms with Gasteiger partial charge in [0, 0.05) is 13.0 Å². The second-order valence-corrected chi connectivity index (χ2v) is 6.74. The Bertz CT molecular complexity index is 457. The van der Waals surface area contributed by atoms with Crippen LogP contribution in [-0.2, 0) is 10.3 Å². The molecule has 1 atom stereocenters. The number of methoxy groups -OCH3 is 1. The van der Waals surface area contributed by atoms with E-state index in [0.29, 0.717) is 16.9 Å². The van der Waals surface area contributed by atoms with Gasteiger partial charge in [0.2, 0.25) is 0 Å². The Balaban J connectivity index is 2.47. The smallest absolute Gasteiger partial charge is 0.161 e. The van der Waals surface area contributed by atoms with Crippen molar-refractivity contribution in [2.45, 2.75) is 57.5 Å². The molecule has 3 nitrogen and oxygen atoms in total. The second-order valence-electron chi connectivity index (χ2n) is 5.31. The van der Waals surface area contributed by atoms with Gasteiger partial charge in [0.25, 0.3) is 0 Å². The normalized spacial score (nSPS) is 19.6. The summed E-state index contributed by atoms with van der Waals surface area (Å²) in [6.45, 7) is 4.10. The van der Waals surface area contributed by atoms with Crippen molar-refractivity contribution in [1.82, 2.24) is 9.97 Å². The Morgan fingerprint density at radius 3 is 2.53 bits per heavy atom. The number of rotatable bonds is 4. The van der Waals surface area contributed by atoms with E-state index in [4.69, 9.17) is 21.3 Å². The molecule has 0 amide bonds. The fraction of sp³-hybridized carbons (Fsp3) is 0.714. The van der Waals surface area contributed by atoms with Crippen LogP contribution in [0.25, 0.3) is 0 Å². The zero-order valence-electron chi connectivity index (χ0n) is 11.7. The highest BCUT2D eigenvalue weighted by atomic mass is 127. The maximum atomic E-state index is 6.30. The molecule has 0 N–H and O–H groups in total. The molecule has 1 saturated carbocycles. The van der Waals surface area contributed by atoms with Gasteiger partial charge in [0.05, 0.1) is 9.26 Å². The number of ether oxygens (including phenoxy) is 1. The van der Waals surface area contributed by atoms with Crippen LogP contribution < -0.4 is 0 Å². The van der Waals surface area contributed by atoms with E-state index >= 15 is 0 Å². The summed E-state index contributed by atoms with van der Waals surface area (Å²) in [7, 11) is 1.70. The topological polar surface area (TPSA) is 35.0 Å². The van der Waals surface area contributed by atoms with Gasteiger partial charge in [-0.25, -0.2) is 9.97 Å². The van der Waals surface area contributed by atoms with E-state index in [1.54, 1.807) is 7.11 Å². The van der Waals surface area contributed by atoms with Crippen molar-refractivity contribution >= 4 is 34.2 Å². The minimum absolute atomic E-state index is 0.457. The predicted molar refractivity (Wildman–Crippen MR) is 85.6 cm³/mol. The Kier molecular flexibility index (Phi) is 5.06. The van der Waals surface area contributed by atoms with Crippen LogP contribution in [-0.4, -0.2) is 17.1 Å². The van der Waals surface area contributed by atoms with Crippen molar-refractivity contribution in [3.05, 3.63) is 20.2 Å². The largest absolute Gasteiger partial charge is 0.371 e. The molecule has 0 spiro atoms. The minimum Gasteiger partial charge on any atom is -0.371 e. The molecule has 106 valence electrons. The average Bonchev–Trinajstić information content (AvgIpc) is 2.94. The first-order valence-electron chi connectivity index (χ1n) is 6.80. The lowest BCUT2D eigenvalue weighted by atomic mass is 10.00. The van der Waals surface area contributed by atoms with Crippen molar-refractivity contribution in [3.8, 4) is 0 Å². The molecule has 1 heterocycles. The molecule has 1 unspecified atom stereocenters. The van der Waals surface area contributed by atoms with E-state index in [1.807, 2.05) is 6.92 Å². The summed E-state index contributed by atoms with van der Waals surface area (Å²) >= 11 is 8.57. The van der Waals surface area contributed by atoms with Crippen molar-refractivity contribution in [1.29, 1.82) is 0 Å². The maximum absolute atomic E-state index is 6.30. The number of hydrogen-bond donors (Lipinski definition) is 0. The molecule has 1 aliphatic carbocycles. The van der Waals surface area contributed by atoms with E-state index in [9.17, 15) is 0 Å². The fourth-order valence-electron chi connectivity index (χ4n) is 2.54. The van der Waals surface area contributed by atoms with E-state index in [0.717, 1.165) is 15.7 Å². The van der Waals surface area contributed by atoms with E-state index < -0.39 is 5.60 Å². The molecule has 19 heavy (non-hydrogen) atoms. The summed E-state index contributed by atoms with van der Waals surface area (Å²) in [6.07, 6.45) is 5.81. The molecule has 2 rings (SSSR count). The molecule has 5 heteroatoms. The number of aromatic nitrogens is 2. The molecule has 1 fully saturated rings. The van der Waals surface area contributed by atoms with Crippen LogP contribution >= 0.6 is 34.2 Å². The van der Waals surface area contributed by atoms with Gasteiger partial charge in [-0.3, -0.25) is 0 Å². The first-order chi connectivity index (χ1) is 9.01. The van der Waals surface area contributed by atoms with Crippen molar-refractivity contribution in [3.63, 3.8) is 0 Å². The number of nitrogens with zero attached hydrogens (tertiary/aromatic N) is 2. The van der Waals surface area contributed by atoms with Crippen molar-refractivity contribution in [2.24, 2.45) is 0 Å². The lowest BCUT2D eigenvalue weighted by molar-refractivity contribution is -0.00924. The van der Waals surface area contributed by atoms with Gasteiger partial charge >= 0.3 is 0 Å². The standard InChI is InChI=1S/C14H20ClIN2O/c1-4-14(2,19-3)13-17-11(9-7-5-6-8-9)10(16)12(15)18-13/h9H,4-8H2,1-3H3. The van der Waals surface area contributed by atoms with Crippen molar-refractivity contribution < 1.29 is 4.74 Å². The highest BCUT2D eigenvalue weighted by Gasteiger charge is 2.31. The molecular weight excluding hydrogens is 375 g/mol. The lowest BCUT2D eigenvalue weighted by Gasteiger charge is -2.26. The van der Waals surface area contributed by atoms with Crippen LogP contribution in [0.5, 0.6) is 0 Å². The second kappa shape index (κ2) is 6.22. The molecule has 0 saturated heterocycles. The van der Waals surface area contributed by atoms with Gasteiger partial charge in [-0.05, 0) is 48.8 Å². The highest BCUT2D eigenvalue weighted by molar-refractivity contribution is 14.1. The third kappa shape index (κ3) is 3.05. The molecular formula is C14H20ClIN2O. The summed E-state index contributed by atoms with van der Waals surface area (Å²) in [5.74, 6) is 1.24. The first kappa shape index (κ1) is 15.4. The van der Waals surface area contributed by atoms with Gasteiger partial charge in [-0.1, -0.05) is 31.4 Å². The van der Waals surface area contributed by atoms with E-state index in [-0.39, 0.29) is 0 Å². The summed E-state index contributed by atoms with van der Waals surface area (Å²) in [5, 5.41) is 0.559. The van der Waals surface area contributed by atoms with Crippen LogP contribution in [0, 0.1) is 3.57 Å². The summed E-state index contributed by atoms with van der Waals surface area (Å²) in [5.41, 5.74) is 0.659. The van der Waals surface area contributed by atoms with Gasteiger partial charge in [-0.2, -0.15) is 0 Å². The summed E-state index contributed by atoms with van der Waals surface area (Å²) < 4.78 is 6.60. The van der Waals surface area contributed by atoms with Gasteiger partial charge in [0.1, 0.15) is 10.8 Å². The predicted octanol–water partition coefficient (Wildman–Crippen LogP) is 4.66. The maximum Gasteiger partial charge on any atom is 0.161 e.